The summed E-state index contributed by atoms with van der Waals surface area (Å²) in [5.41, 5.74) is 6.82. The Labute approximate surface area is 124 Å². The minimum absolute atomic E-state index is 0.624. The number of hydrogen-bond acceptors (Lipinski definition) is 3. The Kier molecular flexibility index (Phi) is 5.06. The number of aromatic nitrogens is 1. The minimum atomic E-state index is 0.624. The standard InChI is InChI=1S/C13H12BrClN2S/c14-11-2-1-7-17-13(11)18-12-8-10(15)4-3-9(12)5-6-16/h1-4,7-8H,5-6,16H2. The summed E-state index contributed by atoms with van der Waals surface area (Å²) in [5.74, 6) is 0. The second-order valence-electron chi connectivity index (χ2n) is 3.68. The molecule has 0 saturated heterocycles. The Morgan fingerprint density at radius 3 is 2.89 bits per heavy atom. The van der Waals surface area contributed by atoms with E-state index in [0.29, 0.717) is 6.54 Å². The summed E-state index contributed by atoms with van der Waals surface area (Å²) in [7, 11) is 0. The van der Waals surface area contributed by atoms with Gasteiger partial charge in [-0.25, -0.2) is 4.98 Å². The van der Waals surface area contributed by atoms with Gasteiger partial charge in [-0.1, -0.05) is 29.4 Å². The molecule has 0 aliphatic carbocycles. The summed E-state index contributed by atoms with van der Waals surface area (Å²) in [6, 6.07) is 9.74. The number of halogens is 2. The molecular weight excluding hydrogens is 332 g/mol. The molecule has 0 amide bonds. The fourth-order valence-electron chi connectivity index (χ4n) is 1.54. The molecule has 0 unspecified atom stereocenters. The molecule has 2 aromatic rings. The van der Waals surface area contributed by atoms with Crippen LogP contribution in [0, 0.1) is 0 Å². The number of rotatable bonds is 4. The van der Waals surface area contributed by atoms with E-state index in [-0.39, 0.29) is 0 Å². The molecular formula is C13H12BrClN2S. The van der Waals surface area contributed by atoms with Crippen LogP contribution in [-0.2, 0) is 6.42 Å². The van der Waals surface area contributed by atoms with Crippen molar-refractivity contribution in [3.63, 3.8) is 0 Å². The molecule has 0 radical (unpaired) electrons. The molecule has 5 heteroatoms. The van der Waals surface area contributed by atoms with Crippen molar-refractivity contribution >= 4 is 39.3 Å². The van der Waals surface area contributed by atoms with Crippen LogP contribution in [0.25, 0.3) is 0 Å². The molecule has 18 heavy (non-hydrogen) atoms. The number of nitrogens with zero attached hydrogens (tertiary/aromatic N) is 1. The van der Waals surface area contributed by atoms with E-state index in [1.165, 1.54) is 5.56 Å². The monoisotopic (exact) mass is 342 g/mol. The summed E-state index contributed by atoms with van der Waals surface area (Å²) in [5, 5.41) is 1.66. The lowest BCUT2D eigenvalue weighted by atomic mass is 10.1. The normalized spacial score (nSPS) is 10.6. The maximum atomic E-state index is 6.05. The first-order valence-corrected chi connectivity index (χ1v) is 7.46. The zero-order valence-corrected chi connectivity index (χ0v) is 12.7. The van der Waals surface area contributed by atoms with Gasteiger partial charge in [-0.3, -0.25) is 0 Å². The first kappa shape index (κ1) is 13.9. The van der Waals surface area contributed by atoms with Crippen LogP contribution >= 0.6 is 39.3 Å². The van der Waals surface area contributed by atoms with E-state index < -0.39 is 0 Å². The number of nitrogens with two attached hydrogens (primary N) is 1. The van der Waals surface area contributed by atoms with Crippen molar-refractivity contribution in [1.29, 1.82) is 0 Å². The van der Waals surface area contributed by atoms with Gasteiger partial charge in [0, 0.05) is 16.1 Å². The van der Waals surface area contributed by atoms with E-state index in [1.54, 1.807) is 18.0 Å². The molecule has 1 aromatic heterocycles. The smallest absolute Gasteiger partial charge is 0.115 e. The first-order chi connectivity index (χ1) is 8.70. The highest BCUT2D eigenvalue weighted by atomic mass is 79.9. The summed E-state index contributed by atoms with van der Waals surface area (Å²) < 4.78 is 0.980. The van der Waals surface area contributed by atoms with Crippen molar-refractivity contribution in [2.24, 2.45) is 5.73 Å². The third-order valence-corrected chi connectivity index (χ3v) is 4.63. The average molecular weight is 344 g/mol. The third-order valence-electron chi connectivity index (χ3n) is 2.37. The topological polar surface area (TPSA) is 38.9 Å². The van der Waals surface area contributed by atoms with Gasteiger partial charge in [0.05, 0.1) is 4.47 Å². The molecule has 0 bridgehead atoms. The molecule has 1 aromatic carbocycles. The van der Waals surface area contributed by atoms with Crippen LogP contribution in [0.5, 0.6) is 0 Å². The van der Waals surface area contributed by atoms with Crippen molar-refractivity contribution in [2.75, 3.05) is 6.54 Å². The van der Waals surface area contributed by atoms with E-state index in [2.05, 4.69) is 20.9 Å². The van der Waals surface area contributed by atoms with E-state index in [0.717, 1.165) is 25.8 Å². The van der Waals surface area contributed by atoms with Crippen LogP contribution in [-0.4, -0.2) is 11.5 Å². The van der Waals surface area contributed by atoms with Crippen molar-refractivity contribution in [1.82, 2.24) is 4.98 Å². The maximum Gasteiger partial charge on any atom is 0.115 e. The molecule has 1 heterocycles. The molecule has 0 aliphatic rings. The molecule has 0 aliphatic heterocycles. The van der Waals surface area contributed by atoms with Gasteiger partial charge in [-0.2, -0.15) is 0 Å². The molecule has 2 nitrogen and oxygen atoms in total. The summed E-state index contributed by atoms with van der Waals surface area (Å²) >= 11 is 11.1. The highest BCUT2D eigenvalue weighted by molar-refractivity contribution is 9.10. The summed E-state index contributed by atoms with van der Waals surface area (Å²) in [6.07, 6.45) is 2.62. The number of hydrogen-bond donors (Lipinski definition) is 1. The lowest BCUT2D eigenvalue weighted by Crippen LogP contribution is -2.03. The fraction of sp³-hybridized carbons (Fsp3) is 0.154. The van der Waals surface area contributed by atoms with Crippen LogP contribution in [0.3, 0.4) is 0 Å². The number of pyridine rings is 1. The molecule has 0 atom stereocenters. The largest absolute Gasteiger partial charge is 0.330 e. The van der Waals surface area contributed by atoms with Crippen LogP contribution in [0.4, 0.5) is 0 Å². The van der Waals surface area contributed by atoms with Crippen LogP contribution in [0.2, 0.25) is 5.02 Å². The zero-order chi connectivity index (χ0) is 13.0. The van der Waals surface area contributed by atoms with E-state index in [9.17, 15) is 0 Å². The Morgan fingerprint density at radius 1 is 1.33 bits per heavy atom. The van der Waals surface area contributed by atoms with Gasteiger partial charge in [-0.15, -0.1) is 0 Å². The Hall–Kier alpha value is -0.550. The lowest BCUT2D eigenvalue weighted by Gasteiger charge is -2.09. The summed E-state index contributed by atoms with van der Waals surface area (Å²) in [4.78, 5) is 5.45. The highest BCUT2D eigenvalue weighted by Crippen LogP contribution is 2.35. The molecule has 2 rings (SSSR count). The maximum absolute atomic E-state index is 6.05. The first-order valence-electron chi connectivity index (χ1n) is 5.47. The van der Waals surface area contributed by atoms with Crippen LogP contribution < -0.4 is 5.73 Å². The Bertz CT molecular complexity index is 548. The van der Waals surface area contributed by atoms with Crippen molar-refractivity contribution in [3.8, 4) is 0 Å². The molecule has 0 fully saturated rings. The van der Waals surface area contributed by atoms with Gasteiger partial charge in [0.2, 0.25) is 0 Å². The Balaban J connectivity index is 2.33. The van der Waals surface area contributed by atoms with Crippen LogP contribution in [0.15, 0.2) is 50.9 Å². The lowest BCUT2D eigenvalue weighted by molar-refractivity contribution is 0.943. The zero-order valence-electron chi connectivity index (χ0n) is 9.57. The minimum Gasteiger partial charge on any atom is -0.330 e. The number of benzene rings is 1. The van der Waals surface area contributed by atoms with Gasteiger partial charge in [0.1, 0.15) is 5.03 Å². The predicted molar refractivity (Wildman–Crippen MR) is 80.3 cm³/mol. The third kappa shape index (κ3) is 3.48. The second-order valence-corrected chi connectivity index (χ2v) is 6.00. The quantitative estimate of drug-likeness (QED) is 0.906. The van der Waals surface area contributed by atoms with Crippen molar-refractivity contribution in [2.45, 2.75) is 16.3 Å². The van der Waals surface area contributed by atoms with E-state index in [4.69, 9.17) is 17.3 Å². The van der Waals surface area contributed by atoms with Gasteiger partial charge >= 0.3 is 0 Å². The predicted octanol–water partition coefficient (Wildman–Crippen LogP) is 4.15. The highest BCUT2D eigenvalue weighted by Gasteiger charge is 2.08. The SMILES string of the molecule is NCCc1ccc(Cl)cc1Sc1ncccc1Br. The van der Waals surface area contributed by atoms with Crippen molar-refractivity contribution < 1.29 is 0 Å². The summed E-state index contributed by atoms with van der Waals surface area (Å²) in [6.45, 7) is 0.624. The fourth-order valence-corrected chi connectivity index (χ4v) is 3.24. The second kappa shape index (κ2) is 6.57. The Morgan fingerprint density at radius 2 is 2.17 bits per heavy atom. The molecule has 0 saturated carbocycles. The average Bonchev–Trinajstić information content (AvgIpc) is 2.36. The van der Waals surface area contributed by atoms with Crippen LogP contribution in [0.1, 0.15) is 5.56 Å². The van der Waals surface area contributed by atoms with Gasteiger partial charge < -0.3 is 5.73 Å². The van der Waals surface area contributed by atoms with Gasteiger partial charge in [-0.05, 0) is 58.7 Å². The van der Waals surface area contributed by atoms with Gasteiger partial charge in [0.15, 0.2) is 0 Å². The van der Waals surface area contributed by atoms with E-state index >= 15 is 0 Å². The molecule has 94 valence electrons. The van der Waals surface area contributed by atoms with Gasteiger partial charge in [0.25, 0.3) is 0 Å². The molecule has 2 N–H and O–H groups in total. The van der Waals surface area contributed by atoms with Crippen molar-refractivity contribution in [3.05, 3.63) is 51.6 Å². The van der Waals surface area contributed by atoms with E-state index in [1.807, 2.05) is 30.3 Å². The molecule has 0 spiro atoms.